The second-order valence-electron chi connectivity index (χ2n) is 13.3. The second-order valence-corrected chi connectivity index (χ2v) is 13.3. The lowest BCUT2D eigenvalue weighted by molar-refractivity contribution is -0.116. The Bertz CT molecular complexity index is 1420. The first-order chi connectivity index (χ1) is 23.4. The third-order valence-corrected chi connectivity index (χ3v) is 8.77. The molecule has 49 heavy (non-hydrogen) atoms. The minimum atomic E-state index is -0.523. The standard InChI is InChI=1S/C36H53N5O8/c1-24-20-41(25(2)22-42)35(44)29-18-27(37-34(43)11-9-16-39(4)5)12-14-30(29)49-26(3)10-7-8-17-46-33(24)21-40(6)36(45)38-28-13-15-31-32(19-28)48-23-47-31/h12-15,18-19,24-26,33,42H,7-11,16-17,20-23H2,1-6H3,(H,37,43)(H,38,45)/t24-,25+,26+,33-/m1/s1. The topological polar surface area (TPSA) is 142 Å². The van der Waals surface area contributed by atoms with Gasteiger partial charge in [0.1, 0.15) is 5.75 Å². The molecule has 2 aliphatic rings. The zero-order valence-electron chi connectivity index (χ0n) is 29.7. The fourth-order valence-corrected chi connectivity index (χ4v) is 5.79. The molecule has 2 aromatic rings. The van der Waals surface area contributed by atoms with Gasteiger partial charge in [-0.15, -0.1) is 0 Å². The number of benzene rings is 2. The number of fused-ring (bicyclic) bond motifs is 2. The van der Waals surface area contributed by atoms with Gasteiger partial charge >= 0.3 is 6.03 Å². The normalized spacial score (nSPS) is 20.5. The molecule has 4 atom stereocenters. The molecule has 0 spiro atoms. The summed E-state index contributed by atoms with van der Waals surface area (Å²) in [5.41, 5.74) is 1.38. The summed E-state index contributed by atoms with van der Waals surface area (Å²) in [6, 6.07) is 9.53. The van der Waals surface area contributed by atoms with E-state index < -0.39 is 12.1 Å². The lowest BCUT2D eigenvalue weighted by Crippen LogP contribution is -2.48. The van der Waals surface area contributed by atoms with Gasteiger partial charge in [-0.1, -0.05) is 6.92 Å². The highest BCUT2D eigenvalue weighted by molar-refractivity contribution is 5.99. The maximum Gasteiger partial charge on any atom is 0.321 e. The highest BCUT2D eigenvalue weighted by Gasteiger charge is 2.31. The van der Waals surface area contributed by atoms with Crippen LogP contribution in [0.5, 0.6) is 17.2 Å². The van der Waals surface area contributed by atoms with Crippen molar-refractivity contribution in [2.45, 2.75) is 71.1 Å². The van der Waals surface area contributed by atoms with E-state index in [1.807, 2.05) is 32.8 Å². The highest BCUT2D eigenvalue weighted by Crippen LogP contribution is 2.34. The summed E-state index contributed by atoms with van der Waals surface area (Å²) in [7, 11) is 5.63. The smallest absolute Gasteiger partial charge is 0.321 e. The number of rotatable bonds is 10. The van der Waals surface area contributed by atoms with Crippen LogP contribution in [0.3, 0.4) is 0 Å². The third kappa shape index (κ3) is 11.0. The maximum atomic E-state index is 14.3. The van der Waals surface area contributed by atoms with Crippen LogP contribution in [0.1, 0.15) is 63.2 Å². The van der Waals surface area contributed by atoms with Crippen molar-refractivity contribution in [3.63, 3.8) is 0 Å². The Labute approximate surface area is 289 Å². The van der Waals surface area contributed by atoms with Gasteiger partial charge in [0.15, 0.2) is 11.5 Å². The van der Waals surface area contributed by atoms with Gasteiger partial charge in [0.2, 0.25) is 12.7 Å². The Kier molecular flexibility index (Phi) is 13.9. The summed E-state index contributed by atoms with van der Waals surface area (Å²) in [6.45, 7) is 7.42. The molecule has 0 aliphatic carbocycles. The van der Waals surface area contributed by atoms with E-state index in [1.165, 1.54) is 0 Å². The fourth-order valence-electron chi connectivity index (χ4n) is 5.79. The minimum absolute atomic E-state index is 0.134. The van der Waals surface area contributed by atoms with Crippen LogP contribution in [-0.2, 0) is 9.53 Å². The van der Waals surface area contributed by atoms with Crippen LogP contribution >= 0.6 is 0 Å². The molecule has 13 nitrogen and oxygen atoms in total. The van der Waals surface area contributed by atoms with E-state index in [0.717, 1.165) is 25.8 Å². The van der Waals surface area contributed by atoms with Gasteiger partial charge in [-0.05, 0) is 90.5 Å². The van der Waals surface area contributed by atoms with Crippen molar-refractivity contribution in [1.29, 1.82) is 0 Å². The molecule has 4 amide bonds. The van der Waals surface area contributed by atoms with Gasteiger partial charge in [0.25, 0.3) is 5.91 Å². The minimum Gasteiger partial charge on any atom is -0.490 e. The summed E-state index contributed by atoms with van der Waals surface area (Å²) in [6.07, 6.45) is 2.87. The number of hydrogen-bond donors (Lipinski definition) is 3. The first-order valence-corrected chi connectivity index (χ1v) is 17.2. The Morgan fingerprint density at radius 2 is 1.71 bits per heavy atom. The van der Waals surface area contributed by atoms with Gasteiger partial charge in [0, 0.05) is 56.5 Å². The average Bonchev–Trinajstić information content (AvgIpc) is 3.53. The van der Waals surface area contributed by atoms with Crippen molar-refractivity contribution in [3.8, 4) is 17.2 Å². The van der Waals surface area contributed by atoms with Crippen molar-refractivity contribution in [2.75, 3.05) is 71.4 Å². The molecule has 0 unspecified atom stereocenters. The van der Waals surface area contributed by atoms with Crippen LogP contribution in [0.25, 0.3) is 0 Å². The number of aliphatic hydroxyl groups is 1. The molecule has 270 valence electrons. The largest absolute Gasteiger partial charge is 0.490 e. The van der Waals surface area contributed by atoms with Crippen molar-refractivity contribution >= 4 is 29.2 Å². The number of nitrogens with one attached hydrogen (secondary N) is 2. The van der Waals surface area contributed by atoms with Gasteiger partial charge in [-0.3, -0.25) is 9.59 Å². The van der Waals surface area contributed by atoms with Crippen molar-refractivity contribution in [2.24, 2.45) is 5.92 Å². The summed E-state index contributed by atoms with van der Waals surface area (Å²) in [5.74, 6) is 0.946. The zero-order valence-corrected chi connectivity index (χ0v) is 29.7. The predicted octanol–water partition coefficient (Wildman–Crippen LogP) is 4.66. The molecule has 0 fully saturated rings. The van der Waals surface area contributed by atoms with Crippen molar-refractivity contribution in [3.05, 3.63) is 42.0 Å². The number of likely N-dealkylation sites (N-methyl/N-ethyl adjacent to an activating group) is 1. The summed E-state index contributed by atoms with van der Waals surface area (Å²) in [5, 5.41) is 16.1. The number of ether oxygens (including phenoxy) is 4. The lowest BCUT2D eigenvalue weighted by Gasteiger charge is -2.35. The third-order valence-electron chi connectivity index (χ3n) is 8.77. The molecule has 2 aliphatic heterocycles. The van der Waals surface area contributed by atoms with Gasteiger partial charge in [-0.2, -0.15) is 0 Å². The Hall–Kier alpha value is -4.07. The predicted molar refractivity (Wildman–Crippen MR) is 188 cm³/mol. The van der Waals surface area contributed by atoms with Crippen molar-refractivity contribution < 1.29 is 38.4 Å². The first-order valence-electron chi connectivity index (χ1n) is 17.2. The molecule has 2 aromatic carbocycles. The Morgan fingerprint density at radius 1 is 1.00 bits per heavy atom. The molecule has 0 saturated heterocycles. The van der Waals surface area contributed by atoms with E-state index >= 15 is 0 Å². The number of amides is 4. The van der Waals surface area contributed by atoms with E-state index in [1.54, 1.807) is 60.2 Å². The number of hydrogen-bond acceptors (Lipinski definition) is 9. The van der Waals surface area contributed by atoms with E-state index in [0.29, 0.717) is 53.6 Å². The molecule has 2 heterocycles. The number of carbonyl (C=O) groups is 3. The van der Waals surface area contributed by atoms with E-state index in [-0.39, 0.29) is 56.4 Å². The summed E-state index contributed by atoms with van der Waals surface area (Å²) in [4.78, 5) is 45.5. The van der Waals surface area contributed by atoms with Crippen molar-refractivity contribution in [1.82, 2.24) is 14.7 Å². The number of urea groups is 1. The number of aliphatic hydroxyl groups excluding tert-OH is 1. The van der Waals surface area contributed by atoms with Gasteiger partial charge < -0.3 is 49.4 Å². The van der Waals surface area contributed by atoms with E-state index in [4.69, 9.17) is 18.9 Å². The molecule has 4 rings (SSSR count). The maximum absolute atomic E-state index is 14.3. The van der Waals surface area contributed by atoms with E-state index in [9.17, 15) is 19.5 Å². The monoisotopic (exact) mass is 683 g/mol. The SMILES string of the molecule is C[C@@H]1CN([C@@H](C)CO)C(=O)c2cc(NC(=O)CCCN(C)C)ccc2O[C@@H](C)CCCCO[C@@H]1CN(C)C(=O)Nc1ccc2c(c1)OCO2. The van der Waals surface area contributed by atoms with Crippen LogP contribution in [0, 0.1) is 5.92 Å². The molecule has 3 N–H and O–H groups in total. The van der Waals surface area contributed by atoms with Gasteiger partial charge in [0.05, 0.1) is 30.4 Å². The quantitative estimate of drug-likeness (QED) is 0.326. The molecule has 0 aromatic heterocycles. The Morgan fingerprint density at radius 3 is 2.45 bits per heavy atom. The van der Waals surface area contributed by atoms with E-state index in [2.05, 4.69) is 10.6 Å². The summed E-state index contributed by atoms with van der Waals surface area (Å²) < 4.78 is 23.5. The van der Waals surface area contributed by atoms with Crippen LogP contribution in [0.4, 0.5) is 16.2 Å². The molecular weight excluding hydrogens is 630 g/mol. The van der Waals surface area contributed by atoms with Crippen LogP contribution < -0.4 is 24.8 Å². The molecule has 0 radical (unpaired) electrons. The molecule has 13 heteroatoms. The second kappa shape index (κ2) is 18.1. The average molecular weight is 684 g/mol. The van der Waals surface area contributed by atoms with Crippen LogP contribution in [0.2, 0.25) is 0 Å². The highest BCUT2D eigenvalue weighted by atomic mass is 16.7. The number of nitrogens with zero attached hydrogens (tertiary/aromatic N) is 3. The van der Waals surface area contributed by atoms with Crippen LogP contribution in [-0.4, -0.2) is 117 Å². The van der Waals surface area contributed by atoms with Gasteiger partial charge in [-0.25, -0.2) is 4.79 Å². The molecular formula is C36H53N5O8. The Balaban J connectivity index is 1.53. The number of anilines is 2. The first kappa shape index (κ1) is 37.7. The number of carbonyl (C=O) groups excluding carboxylic acids is 3. The summed E-state index contributed by atoms with van der Waals surface area (Å²) >= 11 is 0. The lowest BCUT2D eigenvalue weighted by atomic mass is 10.0. The van der Waals surface area contributed by atoms with Crippen LogP contribution in [0.15, 0.2) is 36.4 Å². The molecule has 0 saturated carbocycles. The zero-order chi connectivity index (χ0) is 35.5. The fraction of sp³-hybridized carbons (Fsp3) is 0.583. The molecule has 0 bridgehead atoms.